The lowest BCUT2D eigenvalue weighted by Gasteiger charge is -2.25. The molecule has 0 spiro atoms. The fraction of sp³-hybridized carbons (Fsp3) is 0.522. The van der Waals surface area contributed by atoms with Gasteiger partial charge in [-0.2, -0.15) is 0 Å². The monoisotopic (exact) mass is 395 g/mol. The Balaban J connectivity index is 1.57. The highest BCUT2D eigenvalue weighted by Crippen LogP contribution is 2.34. The van der Waals surface area contributed by atoms with Crippen molar-refractivity contribution in [2.24, 2.45) is 5.92 Å². The average Bonchev–Trinajstić information content (AvgIpc) is 3.21. The Hall–Kier alpha value is -2.63. The predicted molar refractivity (Wildman–Crippen MR) is 111 cm³/mol. The van der Waals surface area contributed by atoms with Crippen LogP contribution in [0.1, 0.15) is 74.0 Å². The van der Waals surface area contributed by atoms with Crippen LogP contribution in [-0.4, -0.2) is 23.0 Å². The zero-order valence-corrected chi connectivity index (χ0v) is 16.9. The van der Waals surface area contributed by atoms with Crippen molar-refractivity contribution in [2.75, 3.05) is 7.11 Å². The highest BCUT2D eigenvalue weighted by atomic mass is 16.5. The van der Waals surface area contributed by atoms with E-state index in [9.17, 15) is 9.59 Å². The number of ether oxygens (including phenoxy) is 1. The standard InChI is InChI=1S/C23H29N3O3/c1-29-19-11-9-15(10-12-19)20(25-23(28)17-5-2-3-6-17)13-18-14-21(27)26-22(24-18)16-7-4-8-16/h9-12,14,16-17,20H,2-8,13H2,1H3,(H,25,28)(H,24,26,27)/t20-/m0/s1. The van der Waals surface area contributed by atoms with E-state index >= 15 is 0 Å². The third kappa shape index (κ3) is 4.69. The molecule has 2 saturated carbocycles. The molecule has 6 nitrogen and oxygen atoms in total. The van der Waals surface area contributed by atoms with Gasteiger partial charge < -0.3 is 15.0 Å². The van der Waals surface area contributed by atoms with E-state index in [2.05, 4.69) is 10.3 Å². The summed E-state index contributed by atoms with van der Waals surface area (Å²) >= 11 is 0. The Bertz CT molecular complexity index is 896. The zero-order valence-electron chi connectivity index (χ0n) is 16.9. The van der Waals surface area contributed by atoms with Crippen LogP contribution in [0, 0.1) is 5.92 Å². The Morgan fingerprint density at radius 3 is 2.52 bits per heavy atom. The first-order valence-corrected chi connectivity index (χ1v) is 10.7. The number of carbonyl (C=O) groups excluding carboxylic acids is 1. The van der Waals surface area contributed by atoms with Gasteiger partial charge in [-0.05, 0) is 43.4 Å². The third-order valence-electron chi connectivity index (χ3n) is 6.28. The molecule has 154 valence electrons. The number of amides is 1. The number of hydrogen-bond donors (Lipinski definition) is 2. The van der Waals surface area contributed by atoms with Gasteiger partial charge in [0, 0.05) is 24.3 Å². The third-order valence-corrected chi connectivity index (χ3v) is 6.28. The molecule has 29 heavy (non-hydrogen) atoms. The van der Waals surface area contributed by atoms with Gasteiger partial charge in [0.2, 0.25) is 5.91 Å². The van der Waals surface area contributed by atoms with Crippen molar-refractivity contribution in [1.29, 1.82) is 0 Å². The molecule has 2 aliphatic carbocycles. The summed E-state index contributed by atoms with van der Waals surface area (Å²) in [6.07, 6.45) is 7.97. The summed E-state index contributed by atoms with van der Waals surface area (Å²) in [6.45, 7) is 0. The summed E-state index contributed by atoms with van der Waals surface area (Å²) in [4.78, 5) is 32.6. The first-order valence-electron chi connectivity index (χ1n) is 10.7. The molecule has 0 unspecified atom stereocenters. The van der Waals surface area contributed by atoms with Crippen LogP contribution in [-0.2, 0) is 11.2 Å². The van der Waals surface area contributed by atoms with Crippen LogP contribution in [0.2, 0.25) is 0 Å². The van der Waals surface area contributed by atoms with Gasteiger partial charge in [-0.15, -0.1) is 0 Å². The van der Waals surface area contributed by atoms with E-state index in [1.54, 1.807) is 13.2 Å². The minimum atomic E-state index is -0.224. The maximum atomic E-state index is 12.8. The molecule has 2 aromatic rings. The second kappa shape index (κ2) is 8.80. The zero-order chi connectivity index (χ0) is 20.2. The van der Waals surface area contributed by atoms with Crippen molar-refractivity contribution in [1.82, 2.24) is 15.3 Å². The van der Waals surface area contributed by atoms with Crippen LogP contribution in [0.25, 0.3) is 0 Å². The fourth-order valence-electron chi connectivity index (χ4n) is 4.28. The molecule has 0 aliphatic heterocycles. The van der Waals surface area contributed by atoms with Crippen molar-refractivity contribution in [2.45, 2.75) is 63.3 Å². The second-order valence-corrected chi connectivity index (χ2v) is 8.27. The molecule has 6 heteroatoms. The summed E-state index contributed by atoms with van der Waals surface area (Å²) in [5.74, 6) is 2.11. The largest absolute Gasteiger partial charge is 0.497 e. The number of carbonyl (C=O) groups is 1. The van der Waals surface area contributed by atoms with Crippen LogP contribution < -0.4 is 15.6 Å². The number of H-pyrrole nitrogens is 1. The van der Waals surface area contributed by atoms with Gasteiger partial charge in [0.15, 0.2) is 0 Å². The number of hydrogen-bond acceptors (Lipinski definition) is 4. The minimum Gasteiger partial charge on any atom is -0.497 e. The molecular weight excluding hydrogens is 366 g/mol. The van der Waals surface area contributed by atoms with Crippen LogP contribution in [0.4, 0.5) is 0 Å². The maximum Gasteiger partial charge on any atom is 0.251 e. The molecular formula is C23H29N3O3. The highest BCUT2D eigenvalue weighted by molar-refractivity contribution is 5.79. The number of aromatic nitrogens is 2. The van der Waals surface area contributed by atoms with Crippen molar-refractivity contribution in [3.8, 4) is 5.75 Å². The Labute approximate surface area is 171 Å². The van der Waals surface area contributed by atoms with Crippen LogP contribution >= 0.6 is 0 Å². The number of rotatable bonds is 7. The second-order valence-electron chi connectivity index (χ2n) is 8.27. The summed E-state index contributed by atoms with van der Waals surface area (Å²) < 4.78 is 5.26. The molecule has 4 rings (SSSR count). The molecule has 0 radical (unpaired) electrons. The van der Waals surface area contributed by atoms with Crippen LogP contribution in [0.5, 0.6) is 5.75 Å². The molecule has 0 saturated heterocycles. The highest BCUT2D eigenvalue weighted by Gasteiger charge is 2.27. The summed E-state index contributed by atoms with van der Waals surface area (Å²) in [5.41, 5.74) is 1.60. The number of nitrogens with one attached hydrogen (secondary N) is 2. The molecule has 1 amide bonds. The number of aromatic amines is 1. The summed E-state index contributed by atoms with van der Waals surface area (Å²) in [6, 6.07) is 9.07. The maximum absolute atomic E-state index is 12.8. The molecule has 1 heterocycles. The fourth-order valence-corrected chi connectivity index (χ4v) is 4.28. The lowest BCUT2D eigenvalue weighted by molar-refractivity contribution is -0.125. The van der Waals surface area contributed by atoms with Crippen molar-refractivity contribution in [3.63, 3.8) is 0 Å². The van der Waals surface area contributed by atoms with E-state index < -0.39 is 0 Å². The molecule has 1 atom stereocenters. The van der Waals surface area contributed by atoms with Gasteiger partial charge in [0.25, 0.3) is 5.56 Å². The molecule has 0 bridgehead atoms. The van der Waals surface area contributed by atoms with Crippen molar-refractivity contribution >= 4 is 5.91 Å². The van der Waals surface area contributed by atoms with E-state index in [0.717, 1.165) is 61.4 Å². The first kappa shape index (κ1) is 19.7. The first-order chi connectivity index (χ1) is 14.1. The van der Waals surface area contributed by atoms with E-state index in [4.69, 9.17) is 9.72 Å². The van der Waals surface area contributed by atoms with Crippen LogP contribution in [0.15, 0.2) is 35.1 Å². The molecule has 2 fully saturated rings. The van der Waals surface area contributed by atoms with Gasteiger partial charge >= 0.3 is 0 Å². The Morgan fingerprint density at radius 1 is 1.17 bits per heavy atom. The summed E-state index contributed by atoms with van der Waals surface area (Å²) in [7, 11) is 1.64. The summed E-state index contributed by atoms with van der Waals surface area (Å²) in [5, 5.41) is 3.23. The van der Waals surface area contributed by atoms with Crippen molar-refractivity contribution < 1.29 is 9.53 Å². The van der Waals surface area contributed by atoms with Gasteiger partial charge in [0.1, 0.15) is 11.6 Å². The lowest BCUT2D eigenvalue weighted by Crippen LogP contribution is -2.34. The van der Waals surface area contributed by atoms with Gasteiger partial charge in [-0.1, -0.05) is 31.4 Å². The molecule has 2 aliphatic rings. The number of nitrogens with zero attached hydrogens (tertiary/aromatic N) is 1. The van der Waals surface area contributed by atoms with E-state index in [1.165, 1.54) is 6.42 Å². The van der Waals surface area contributed by atoms with Gasteiger partial charge in [-0.3, -0.25) is 9.59 Å². The SMILES string of the molecule is COc1ccc([C@H](Cc2cc(=O)[nH]c(C3CCC3)n2)NC(=O)C2CCCC2)cc1. The van der Waals surface area contributed by atoms with E-state index in [1.807, 2.05) is 24.3 Å². The quantitative estimate of drug-likeness (QED) is 0.750. The van der Waals surface area contributed by atoms with Crippen molar-refractivity contribution in [3.05, 3.63) is 57.8 Å². The van der Waals surface area contributed by atoms with Gasteiger partial charge in [0.05, 0.1) is 18.8 Å². The molecule has 2 N–H and O–H groups in total. The number of methoxy groups -OCH3 is 1. The van der Waals surface area contributed by atoms with E-state index in [0.29, 0.717) is 12.3 Å². The Kier molecular flexibility index (Phi) is 5.97. The van der Waals surface area contributed by atoms with Crippen LogP contribution in [0.3, 0.4) is 0 Å². The molecule has 1 aromatic carbocycles. The predicted octanol–water partition coefficient (Wildman–Crippen LogP) is 3.64. The minimum absolute atomic E-state index is 0.0911. The smallest absolute Gasteiger partial charge is 0.251 e. The average molecular weight is 396 g/mol. The lowest BCUT2D eigenvalue weighted by atomic mass is 9.85. The topological polar surface area (TPSA) is 84.1 Å². The number of benzene rings is 1. The van der Waals surface area contributed by atoms with E-state index in [-0.39, 0.29) is 23.4 Å². The Morgan fingerprint density at radius 2 is 1.90 bits per heavy atom. The normalized spacial score (nSPS) is 18.2. The van der Waals surface area contributed by atoms with Gasteiger partial charge in [-0.25, -0.2) is 4.98 Å². The molecule has 1 aromatic heterocycles.